The van der Waals surface area contributed by atoms with Gasteiger partial charge in [-0.25, -0.2) is 9.37 Å². The summed E-state index contributed by atoms with van der Waals surface area (Å²) in [5.74, 6) is 0.705. The molecular formula is C28H32FN3O3. The molecule has 3 aromatic rings. The Bertz CT molecular complexity index is 1240. The van der Waals surface area contributed by atoms with Crippen molar-refractivity contribution in [2.45, 2.75) is 44.6 Å². The first kappa shape index (κ1) is 23.5. The minimum absolute atomic E-state index is 0.0918. The first-order valence-electron chi connectivity index (χ1n) is 12.4. The summed E-state index contributed by atoms with van der Waals surface area (Å²) >= 11 is 0. The van der Waals surface area contributed by atoms with Crippen molar-refractivity contribution < 1.29 is 18.7 Å². The van der Waals surface area contributed by atoms with Gasteiger partial charge in [0, 0.05) is 48.4 Å². The third-order valence-electron chi connectivity index (χ3n) is 7.59. The number of nitrogens with zero attached hydrogens (tertiary/aromatic N) is 2. The van der Waals surface area contributed by atoms with E-state index in [1.54, 1.807) is 19.4 Å². The Labute approximate surface area is 205 Å². The van der Waals surface area contributed by atoms with E-state index in [1.807, 2.05) is 6.07 Å². The summed E-state index contributed by atoms with van der Waals surface area (Å²) in [7, 11) is 3.07. The van der Waals surface area contributed by atoms with Crippen molar-refractivity contribution in [2.75, 3.05) is 27.3 Å². The van der Waals surface area contributed by atoms with Crippen molar-refractivity contribution in [2.24, 2.45) is 5.92 Å². The maximum atomic E-state index is 14.0. The Morgan fingerprint density at radius 1 is 1.14 bits per heavy atom. The van der Waals surface area contributed by atoms with Gasteiger partial charge in [0.25, 0.3) is 0 Å². The van der Waals surface area contributed by atoms with Gasteiger partial charge in [-0.05, 0) is 79.5 Å². The molecule has 6 nitrogen and oxygen atoms in total. The van der Waals surface area contributed by atoms with E-state index >= 15 is 0 Å². The summed E-state index contributed by atoms with van der Waals surface area (Å²) in [5, 5.41) is 0.957. The standard InChI is InChI=1S/C28H32FN3O3/c1-34-26-8-5-20(29)16-23(26)22-9-12-30-28-24(22)17-25(31-28)19-10-13-32(14-11-19)21-6-3-18(4-7-21)15-27(33)35-2/h5,8-10,12,16-18,21H,3-4,6-7,11,13-15H2,1-2H3,(H,30,31)/t18-,21-. The highest BCUT2D eigenvalue weighted by atomic mass is 19.1. The van der Waals surface area contributed by atoms with Crippen molar-refractivity contribution in [3.05, 3.63) is 54.1 Å². The van der Waals surface area contributed by atoms with Crippen molar-refractivity contribution in [1.82, 2.24) is 14.9 Å². The zero-order valence-electron chi connectivity index (χ0n) is 20.4. The smallest absolute Gasteiger partial charge is 0.305 e. The third-order valence-corrected chi connectivity index (χ3v) is 7.59. The number of esters is 1. The fraction of sp³-hybridized carbons (Fsp3) is 0.429. The number of pyridine rings is 1. The van der Waals surface area contributed by atoms with E-state index in [4.69, 9.17) is 9.47 Å². The molecule has 0 spiro atoms. The molecule has 0 radical (unpaired) electrons. The average molecular weight is 478 g/mol. The number of hydrogen-bond donors (Lipinski definition) is 1. The van der Waals surface area contributed by atoms with Crippen LogP contribution in [0.4, 0.5) is 4.39 Å². The third kappa shape index (κ3) is 4.96. The zero-order valence-corrected chi connectivity index (χ0v) is 20.4. The van der Waals surface area contributed by atoms with Gasteiger partial charge in [0.2, 0.25) is 0 Å². The predicted molar refractivity (Wildman–Crippen MR) is 135 cm³/mol. The van der Waals surface area contributed by atoms with Crippen molar-refractivity contribution in [3.63, 3.8) is 0 Å². The molecular weight excluding hydrogens is 445 g/mol. The Balaban J connectivity index is 1.31. The van der Waals surface area contributed by atoms with Gasteiger partial charge in [-0.1, -0.05) is 6.08 Å². The fourth-order valence-corrected chi connectivity index (χ4v) is 5.62. The van der Waals surface area contributed by atoms with Crippen LogP contribution in [0.1, 0.15) is 44.2 Å². The Hall–Kier alpha value is -3.19. The second-order valence-corrected chi connectivity index (χ2v) is 9.58. The van der Waals surface area contributed by atoms with Crippen LogP contribution in [0.5, 0.6) is 5.75 Å². The van der Waals surface area contributed by atoms with Gasteiger partial charge in [0.15, 0.2) is 0 Å². The SMILES string of the molecule is COC(=O)C[C@H]1CC[C@H](N2CC=C(c3cc4c(-c5cc(F)ccc5OC)ccnc4[nH]3)CC2)CC1. The first-order valence-corrected chi connectivity index (χ1v) is 12.4. The number of carbonyl (C=O) groups excluding carboxylic acids is 1. The molecule has 0 atom stereocenters. The van der Waals surface area contributed by atoms with Crippen LogP contribution in [0, 0.1) is 11.7 Å². The monoisotopic (exact) mass is 477 g/mol. The van der Waals surface area contributed by atoms with Gasteiger partial charge in [-0.15, -0.1) is 0 Å². The molecule has 1 aliphatic heterocycles. The zero-order chi connectivity index (χ0) is 24.4. The van der Waals surface area contributed by atoms with Crippen LogP contribution in [-0.4, -0.2) is 54.2 Å². The maximum Gasteiger partial charge on any atom is 0.305 e. The lowest BCUT2D eigenvalue weighted by Gasteiger charge is -2.38. The second kappa shape index (κ2) is 10.2. The van der Waals surface area contributed by atoms with Crippen LogP contribution >= 0.6 is 0 Å². The minimum atomic E-state index is -0.295. The van der Waals surface area contributed by atoms with E-state index in [-0.39, 0.29) is 11.8 Å². The van der Waals surface area contributed by atoms with Gasteiger partial charge in [0.1, 0.15) is 17.2 Å². The molecule has 184 valence electrons. The number of fused-ring (bicyclic) bond motifs is 1. The Morgan fingerprint density at radius 2 is 1.97 bits per heavy atom. The number of rotatable bonds is 6. The second-order valence-electron chi connectivity index (χ2n) is 9.58. The topological polar surface area (TPSA) is 67.4 Å². The Morgan fingerprint density at radius 3 is 2.69 bits per heavy atom. The van der Waals surface area contributed by atoms with Crippen molar-refractivity contribution in [3.8, 4) is 16.9 Å². The van der Waals surface area contributed by atoms with Crippen LogP contribution in [0.25, 0.3) is 27.7 Å². The number of nitrogens with one attached hydrogen (secondary N) is 1. The number of methoxy groups -OCH3 is 2. The lowest BCUT2D eigenvalue weighted by molar-refractivity contribution is -0.142. The highest BCUT2D eigenvalue weighted by molar-refractivity contribution is 5.96. The molecule has 0 amide bonds. The summed E-state index contributed by atoms with van der Waals surface area (Å²) in [6, 6.07) is 9.20. The molecule has 1 aromatic carbocycles. The van der Waals surface area contributed by atoms with E-state index in [0.29, 0.717) is 24.1 Å². The molecule has 7 heteroatoms. The number of H-pyrrole nitrogens is 1. The molecule has 2 aromatic heterocycles. The summed E-state index contributed by atoms with van der Waals surface area (Å²) in [4.78, 5) is 22.1. The summed E-state index contributed by atoms with van der Waals surface area (Å²) < 4.78 is 24.4. The normalized spacial score (nSPS) is 21.1. The number of halogens is 1. The molecule has 3 heterocycles. The molecule has 1 fully saturated rings. The van der Waals surface area contributed by atoms with Gasteiger partial charge >= 0.3 is 5.97 Å². The number of aromatic nitrogens is 2. The molecule has 2 aliphatic rings. The first-order chi connectivity index (χ1) is 17.1. The lowest BCUT2D eigenvalue weighted by atomic mass is 9.83. The molecule has 0 unspecified atom stereocenters. The minimum Gasteiger partial charge on any atom is -0.496 e. The van der Waals surface area contributed by atoms with Crippen LogP contribution in [0.3, 0.4) is 0 Å². The van der Waals surface area contributed by atoms with E-state index in [1.165, 1.54) is 24.8 Å². The van der Waals surface area contributed by atoms with Gasteiger partial charge in [-0.3, -0.25) is 9.69 Å². The summed E-state index contributed by atoms with van der Waals surface area (Å²) in [5.41, 5.74) is 4.76. The van der Waals surface area contributed by atoms with Crippen LogP contribution in [0.2, 0.25) is 0 Å². The molecule has 5 rings (SSSR count). The lowest BCUT2D eigenvalue weighted by Crippen LogP contribution is -2.40. The van der Waals surface area contributed by atoms with E-state index in [9.17, 15) is 9.18 Å². The van der Waals surface area contributed by atoms with Gasteiger partial charge < -0.3 is 14.5 Å². The van der Waals surface area contributed by atoms with Gasteiger partial charge in [0.05, 0.1) is 14.2 Å². The van der Waals surface area contributed by atoms with E-state index < -0.39 is 0 Å². The summed E-state index contributed by atoms with van der Waals surface area (Å²) in [6.07, 6.45) is 10.0. The molecule has 1 N–H and O–H groups in total. The molecule has 1 saturated carbocycles. The number of aromatic amines is 1. The van der Waals surface area contributed by atoms with Gasteiger partial charge in [-0.2, -0.15) is 0 Å². The largest absolute Gasteiger partial charge is 0.496 e. The highest BCUT2D eigenvalue weighted by Crippen LogP contribution is 2.37. The molecule has 35 heavy (non-hydrogen) atoms. The van der Waals surface area contributed by atoms with Crippen molar-refractivity contribution in [1.29, 1.82) is 0 Å². The fourth-order valence-electron chi connectivity index (χ4n) is 5.62. The summed E-state index contributed by atoms with van der Waals surface area (Å²) in [6.45, 7) is 1.95. The number of hydrogen-bond acceptors (Lipinski definition) is 5. The number of ether oxygens (including phenoxy) is 2. The average Bonchev–Trinajstić information content (AvgIpc) is 3.34. The highest BCUT2D eigenvalue weighted by Gasteiger charge is 2.28. The molecule has 0 saturated heterocycles. The van der Waals surface area contributed by atoms with E-state index in [0.717, 1.165) is 73.0 Å². The molecule has 1 aliphatic carbocycles. The number of carbonyl (C=O) groups is 1. The van der Waals surface area contributed by atoms with E-state index in [2.05, 4.69) is 27.0 Å². The van der Waals surface area contributed by atoms with Crippen LogP contribution < -0.4 is 4.74 Å². The predicted octanol–water partition coefficient (Wildman–Crippen LogP) is 5.59. The van der Waals surface area contributed by atoms with Crippen molar-refractivity contribution >= 4 is 22.6 Å². The Kier molecular flexibility index (Phi) is 6.86. The van der Waals surface area contributed by atoms with Crippen LogP contribution in [0.15, 0.2) is 42.6 Å². The quantitative estimate of drug-likeness (QED) is 0.469. The molecule has 0 bridgehead atoms. The van der Waals surface area contributed by atoms with Crippen LogP contribution in [-0.2, 0) is 9.53 Å². The number of benzene rings is 1. The maximum absolute atomic E-state index is 14.0.